The quantitative estimate of drug-likeness (QED) is 0.626. The van der Waals surface area contributed by atoms with Crippen LogP contribution in [0.25, 0.3) is 0 Å². The smallest absolute Gasteiger partial charge is 0.257 e. The van der Waals surface area contributed by atoms with Crippen LogP contribution in [0.4, 0.5) is 11.4 Å². The Bertz CT molecular complexity index is 1050. The number of nitrogens with one attached hydrogen (secondary N) is 1. The van der Waals surface area contributed by atoms with Crippen molar-refractivity contribution in [1.82, 2.24) is 0 Å². The van der Waals surface area contributed by atoms with E-state index in [1.807, 2.05) is 45.0 Å². The summed E-state index contributed by atoms with van der Waals surface area (Å²) < 4.78 is 0. The molecule has 5 heteroatoms. The molecule has 148 valence electrons. The van der Waals surface area contributed by atoms with Crippen LogP contribution in [-0.2, 0) is 9.59 Å². The SMILES string of the molecule is CC1=CC[C@H]2C(=O)N(c3ccccc3C(=O)Nc3ccc(C)c(C)c3)C(=O)[C@@H]2C1. The number of anilines is 2. The summed E-state index contributed by atoms with van der Waals surface area (Å²) >= 11 is 0. The van der Waals surface area contributed by atoms with Gasteiger partial charge in [-0.1, -0.05) is 29.8 Å². The number of hydrogen-bond acceptors (Lipinski definition) is 3. The number of carbonyl (C=O) groups excluding carboxylic acids is 3. The number of amides is 3. The van der Waals surface area contributed by atoms with Gasteiger partial charge in [0.1, 0.15) is 0 Å². The number of allylic oxidation sites excluding steroid dienone is 2. The Balaban J connectivity index is 1.65. The van der Waals surface area contributed by atoms with Gasteiger partial charge in [0, 0.05) is 5.69 Å². The minimum atomic E-state index is -0.339. The number of nitrogens with zero attached hydrogens (tertiary/aromatic N) is 1. The number of benzene rings is 2. The molecule has 4 rings (SSSR count). The second kappa shape index (κ2) is 7.32. The number of hydrogen-bond donors (Lipinski definition) is 1. The Kier molecular flexibility index (Phi) is 4.82. The normalized spacial score (nSPS) is 21.1. The topological polar surface area (TPSA) is 66.5 Å². The predicted molar refractivity (Wildman–Crippen MR) is 113 cm³/mol. The molecule has 3 amide bonds. The molecule has 29 heavy (non-hydrogen) atoms. The van der Waals surface area contributed by atoms with Crippen molar-refractivity contribution >= 4 is 29.1 Å². The van der Waals surface area contributed by atoms with Gasteiger partial charge in [0.2, 0.25) is 11.8 Å². The number of imide groups is 1. The molecule has 0 saturated carbocycles. The summed E-state index contributed by atoms with van der Waals surface area (Å²) in [6.07, 6.45) is 3.21. The van der Waals surface area contributed by atoms with Crippen molar-refractivity contribution in [3.8, 4) is 0 Å². The lowest BCUT2D eigenvalue weighted by Gasteiger charge is -2.19. The molecule has 2 aromatic carbocycles. The number of rotatable bonds is 3. The molecular weight excluding hydrogens is 364 g/mol. The van der Waals surface area contributed by atoms with Gasteiger partial charge in [-0.25, -0.2) is 4.90 Å². The first kappa shape index (κ1) is 19.1. The zero-order valence-corrected chi connectivity index (χ0v) is 16.9. The summed E-state index contributed by atoms with van der Waals surface area (Å²) in [5.74, 6) is -1.42. The van der Waals surface area contributed by atoms with Crippen LogP contribution < -0.4 is 10.2 Å². The molecule has 1 saturated heterocycles. The van der Waals surface area contributed by atoms with E-state index in [4.69, 9.17) is 0 Å². The fourth-order valence-corrected chi connectivity index (χ4v) is 4.15. The fourth-order valence-electron chi connectivity index (χ4n) is 4.15. The van der Waals surface area contributed by atoms with Gasteiger partial charge >= 0.3 is 0 Å². The third kappa shape index (κ3) is 3.37. The van der Waals surface area contributed by atoms with Crippen LogP contribution in [0.2, 0.25) is 0 Å². The first-order valence-corrected chi connectivity index (χ1v) is 9.88. The van der Waals surface area contributed by atoms with Crippen molar-refractivity contribution in [2.75, 3.05) is 10.2 Å². The minimum Gasteiger partial charge on any atom is -0.322 e. The monoisotopic (exact) mass is 388 g/mol. The Morgan fingerprint density at radius 2 is 1.69 bits per heavy atom. The summed E-state index contributed by atoms with van der Waals surface area (Å²) in [5, 5.41) is 2.89. The van der Waals surface area contributed by atoms with E-state index in [1.54, 1.807) is 24.3 Å². The van der Waals surface area contributed by atoms with Gasteiger partial charge in [0.05, 0.1) is 23.1 Å². The van der Waals surface area contributed by atoms with Crippen LogP contribution in [-0.4, -0.2) is 17.7 Å². The van der Waals surface area contributed by atoms with Gasteiger partial charge in [-0.3, -0.25) is 14.4 Å². The van der Waals surface area contributed by atoms with E-state index in [0.29, 0.717) is 29.8 Å². The number of carbonyl (C=O) groups is 3. The van der Waals surface area contributed by atoms with E-state index in [-0.39, 0.29) is 29.6 Å². The molecule has 2 aliphatic rings. The average molecular weight is 388 g/mol. The molecule has 1 aliphatic carbocycles. The highest BCUT2D eigenvalue weighted by Gasteiger charge is 2.49. The van der Waals surface area contributed by atoms with E-state index in [9.17, 15) is 14.4 Å². The fraction of sp³-hybridized carbons (Fsp3) is 0.292. The van der Waals surface area contributed by atoms with Crippen LogP contribution in [0.1, 0.15) is 41.3 Å². The standard InChI is InChI=1S/C24H24N2O3/c1-14-8-11-18-20(12-14)24(29)26(23(18)28)21-7-5-4-6-19(21)22(27)25-17-10-9-15(2)16(3)13-17/h4-10,13,18,20H,11-12H2,1-3H3,(H,25,27)/t18-,20-/m1/s1. The maximum Gasteiger partial charge on any atom is 0.257 e. The lowest BCUT2D eigenvalue weighted by Crippen LogP contribution is -2.33. The third-order valence-corrected chi connectivity index (χ3v) is 5.98. The highest BCUT2D eigenvalue weighted by molar-refractivity contribution is 6.25. The maximum absolute atomic E-state index is 13.1. The maximum atomic E-state index is 13.1. The largest absolute Gasteiger partial charge is 0.322 e. The molecule has 0 spiro atoms. The van der Waals surface area contributed by atoms with E-state index >= 15 is 0 Å². The zero-order valence-electron chi connectivity index (χ0n) is 16.9. The first-order valence-electron chi connectivity index (χ1n) is 9.88. The van der Waals surface area contributed by atoms with Gasteiger partial charge < -0.3 is 5.32 Å². The van der Waals surface area contributed by atoms with Gasteiger partial charge in [-0.2, -0.15) is 0 Å². The summed E-state index contributed by atoms with van der Waals surface area (Å²) in [4.78, 5) is 40.3. The molecule has 0 aromatic heterocycles. The summed E-state index contributed by atoms with van der Waals surface area (Å²) in [5.41, 5.74) is 4.71. The molecule has 0 bridgehead atoms. The van der Waals surface area contributed by atoms with Crippen LogP contribution in [0.15, 0.2) is 54.1 Å². The number of fused-ring (bicyclic) bond motifs is 1. The number of aryl methyl sites for hydroxylation is 2. The molecular formula is C24H24N2O3. The predicted octanol–water partition coefficient (Wildman–Crippen LogP) is 4.40. The molecule has 1 aliphatic heterocycles. The molecule has 0 unspecified atom stereocenters. The van der Waals surface area contributed by atoms with Crippen LogP contribution in [0.3, 0.4) is 0 Å². The Labute approximate surface area is 170 Å². The molecule has 1 heterocycles. The third-order valence-electron chi connectivity index (χ3n) is 5.98. The van der Waals surface area contributed by atoms with Crippen LogP contribution >= 0.6 is 0 Å². The lowest BCUT2D eigenvalue weighted by molar-refractivity contribution is -0.122. The van der Waals surface area contributed by atoms with Crippen molar-refractivity contribution < 1.29 is 14.4 Å². The Morgan fingerprint density at radius 3 is 2.45 bits per heavy atom. The lowest BCUT2D eigenvalue weighted by atomic mass is 9.82. The van der Waals surface area contributed by atoms with E-state index in [0.717, 1.165) is 16.7 Å². The van der Waals surface area contributed by atoms with Gasteiger partial charge in [0.15, 0.2) is 0 Å². The second-order valence-electron chi connectivity index (χ2n) is 7.99. The molecule has 2 atom stereocenters. The van der Waals surface area contributed by atoms with Crippen LogP contribution in [0, 0.1) is 25.7 Å². The highest BCUT2D eigenvalue weighted by Crippen LogP contribution is 2.40. The Hall–Kier alpha value is -3.21. The molecule has 1 N–H and O–H groups in total. The van der Waals surface area contributed by atoms with Gasteiger partial charge in [-0.05, 0) is 69.0 Å². The molecule has 1 fully saturated rings. The Morgan fingerprint density at radius 1 is 0.966 bits per heavy atom. The van der Waals surface area contributed by atoms with Crippen LogP contribution in [0.5, 0.6) is 0 Å². The van der Waals surface area contributed by atoms with Crippen molar-refractivity contribution in [3.05, 3.63) is 70.8 Å². The summed E-state index contributed by atoms with van der Waals surface area (Å²) in [6.45, 7) is 5.98. The first-order chi connectivity index (χ1) is 13.9. The minimum absolute atomic E-state index is 0.209. The van der Waals surface area contributed by atoms with Gasteiger partial charge in [-0.15, -0.1) is 0 Å². The van der Waals surface area contributed by atoms with Crippen molar-refractivity contribution in [3.63, 3.8) is 0 Å². The summed E-state index contributed by atoms with van der Waals surface area (Å²) in [6, 6.07) is 12.5. The molecule has 0 radical (unpaired) electrons. The zero-order chi connectivity index (χ0) is 20.7. The van der Waals surface area contributed by atoms with Crippen molar-refractivity contribution in [2.24, 2.45) is 11.8 Å². The molecule has 5 nitrogen and oxygen atoms in total. The van der Waals surface area contributed by atoms with E-state index in [1.165, 1.54) is 4.90 Å². The van der Waals surface area contributed by atoms with Gasteiger partial charge in [0.25, 0.3) is 5.91 Å². The molecule has 2 aromatic rings. The average Bonchev–Trinajstić information content (AvgIpc) is 2.94. The number of para-hydroxylation sites is 1. The van der Waals surface area contributed by atoms with E-state index in [2.05, 4.69) is 5.32 Å². The van der Waals surface area contributed by atoms with Crippen molar-refractivity contribution in [2.45, 2.75) is 33.6 Å². The second-order valence-corrected chi connectivity index (χ2v) is 7.99. The van der Waals surface area contributed by atoms with E-state index < -0.39 is 0 Å². The highest BCUT2D eigenvalue weighted by atomic mass is 16.2. The summed E-state index contributed by atoms with van der Waals surface area (Å²) in [7, 11) is 0. The van der Waals surface area contributed by atoms with Crippen molar-refractivity contribution in [1.29, 1.82) is 0 Å².